The van der Waals surface area contributed by atoms with Crippen LogP contribution in [0.25, 0.3) is 0 Å². The zero-order chi connectivity index (χ0) is 16.8. The van der Waals surface area contributed by atoms with Gasteiger partial charge in [-0.05, 0) is 43.5 Å². The quantitative estimate of drug-likeness (QED) is 0.786. The normalized spacial score (nSPS) is 13.2. The first kappa shape index (κ1) is 17.0. The molecule has 2 aromatic carbocycles. The Balaban J connectivity index is 1.87. The summed E-state index contributed by atoms with van der Waals surface area (Å²) in [5, 5.41) is 15.3. The Labute approximate surface area is 135 Å². The molecule has 0 bridgehead atoms. The summed E-state index contributed by atoms with van der Waals surface area (Å²) in [6, 6.07) is 13.1. The first-order chi connectivity index (χ1) is 11.0. The maximum atomic E-state index is 13.7. The predicted molar refractivity (Wildman–Crippen MR) is 88.8 cm³/mol. The second kappa shape index (κ2) is 7.74. The Morgan fingerprint density at radius 2 is 1.91 bits per heavy atom. The molecule has 2 aromatic rings. The van der Waals surface area contributed by atoms with Crippen LogP contribution in [0, 0.1) is 12.7 Å². The number of aryl methyl sites for hydroxylation is 1. The summed E-state index contributed by atoms with van der Waals surface area (Å²) < 4.78 is 13.7. The molecule has 0 aliphatic heterocycles. The van der Waals surface area contributed by atoms with Crippen molar-refractivity contribution in [3.63, 3.8) is 0 Å². The number of anilines is 1. The fourth-order valence-corrected chi connectivity index (χ4v) is 2.31. The van der Waals surface area contributed by atoms with E-state index < -0.39 is 18.0 Å². The van der Waals surface area contributed by atoms with Gasteiger partial charge < -0.3 is 15.7 Å². The average Bonchev–Trinajstić information content (AvgIpc) is 2.50. The second-order valence-corrected chi connectivity index (χ2v) is 5.64. The molecule has 0 aliphatic carbocycles. The fraction of sp³-hybridized carbons (Fsp3) is 0.278. The number of amides is 2. The van der Waals surface area contributed by atoms with Gasteiger partial charge in [0.1, 0.15) is 5.82 Å². The molecule has 122 valence electrons. The summed E-state index contributed by atoms with van der Waals surface area (Å²) in [6.07, 6.45) is -0.295. The van der Waals surface area contributed by atoms with Crippen LogP contribution in [0.2, 0.25) is 0 Å². The van der Waals surface area contributed by atoms with Crippen LogP contribution in [0.15, 0.2) is 48.5 Å². The highest BCUT2D eigenvalue weighted by Gasteiger charge is 2.15. The minimum absolute atomic E-state index is 0.129. The number of hydrogen-bond donors (Lipinski definition) is 3. The molecular formula is C18H21FN2O2. The molecule has 0 spiro atoms. The number of benzene rings is 2. The van der Waals surface area contributed by atoms with E-state index in [-0.39, 0.29) is 11.7 Å². The van der Waals surface area contributed by atoms with E-state index in [0.29, 0.717) is 6.42 Å². The van der Waals surface area contributed by atoms with Crippen molar-refractivity contribution in [2.45, 2.75) is 32.4 Å². The van der Waals surface area contributed by atoms with Gasteiger partial charge in [0, 0.05) is 6.04 Å². The number of urea groups is 1. The summed E-state index contributed by atoms with van der Waals surface area (Å²) in [5.74, 6) is -0.475. The molecule has 0 saturated carbocycles. The summed E-state index contributed by atoms with van der Waals surface area (Å²) in [5.41, 5.74) is 1.71. The van der Waals surface area contributed by atoms with Gasteiger partial charge in [-0.15, -0.1) is 0 Å². The monoisotopic (exact) mass is 316 g/mol. The number of rotatable bonds is 5. The molecule has 5 heteroatoms. The highest BCUT2D eigenvalue weighted by molar-refractivity contribution is 5.89. The lowest BCUT2D eigenvalue weighted by atomic mass is 10.0. The van der Waals surface area contributed by atoms with Gasteiger partial charge in [0.25, 0.3) is 0 Å². The third kappa shape index (κ3) is 5.07. The summed E-state index contributed by atoms with van der Waals surface area (Å²) in [6.45, 7) is 3.57. The summed E-state index contributed by atoms with van der Waals surface area (Å²) in [7, 11) is 0. The van der Waals surface area contributed by atoms with Crippen LogP contribution in [0.4, 0.5) is 14.9 Å². The molecule has 2 unspecified atom stereocenters. The highest BCUT2D eigenvalue weighted by atomic mass is 19.1. The maximum Gasteiger partial charge on any atom is 0.319 e. The first-order valence-corrected chi connectivity index (χ1v) is 7.52. The van der Waals surface area contributed by atoms with E-state index >= 15 is 0 Å². The topological polar surface area (TPSA) is 61.4 Å². The number of halogens is 1. The van der Waals surface area contributed by atoms with Crippen LogP contribution in [-0.2, 0) is 0 Å². The van der Waals surface area contributed by atoms with Gasteiger partial charge in [0.15, 0.2) is 0 Å². The molecule has 3 N–H and O–H groups in total. The lowest BCUT2D eigenvalue weighted by Gasteiger charge is -2.18. The average molecular weight is 316 g/mol. The second-order valence-electron chi connectivity index (χ2n) is 5.64. The van der Waals surface area contributed by atoms with E-state index in [0.717, 1.165) is 11.1 Å². The predicted octanol–water partition coefficient (Wildman–Crippen LogP) is 3.77. The lowest BCUT2D eigenvalue weighted by molar-refractivity contribution is 0.155. The van der Waals surface area contributed by atoms with Crippen LogP contribution >= 0.6 is 0 Å². The summed E-state index contributed by atoms with van der Waals surface area (Å²) >= 11 is 0. The first-order valence-electron chi connectivity index (χ1n) is 7.52. The van der Waals surface area contributed by atoms with Gasteiger partial charge in [-0.25, -0.2) is 9.18 Å². The molecule has 23 heavy (non-hydrogen) atoms. The third-order valence-corrected chi connectivity index (χ3v) is 3.51. The van der Waals surface area contributed by atoms with Gasteiger partial charge >= 0.3 is 6.03 Å². The van der Waals surface area contributed by atoms with Crippen molar-refractivity contribution in [2.75, 3.05) is 5.32 Å². The third-order valence-electron chi connectivity index (χ3n) is 3.51. The van der Waals surface area contributed by atoms with Crippen LogP contribution in [0.3, 0.4) is 0 Å². The van der Waals surface area contributed by atoms with E-state index in [2.05, 4.69) is 10.6 Å². The van der Waals surface area contributed by atoms with Crippen LogP contribution in [0.5, 0.6) is 0 Å². The van der Waals surface area contributed by atoms with Gasteiger partial charge in [0.2, 0.25) is 0 Å². The Hall–Kier alpha value is -2.40. The largest absolute Gasteiger partial charge is 0.388 e. The van der Waals surface area contributed by atoms with E-state index in [9.17, 15) is 14.3 Å². The van der Waals surface area contributed by atoms with Gasteiger partial charge in [0.05, 0.1) is 11.8 Å². The smallest absolute Gasteiger partial charge is 0.319 e. The molecule has 0 aromatic heterocycles. The summed E-state index contributed by atoms with van der Waals surface area (Å²) in [4.78, 5) is 11.9. The van der Waals surface area contributed by atoms with E-state index in [4.69, 9.17) is 0 Å². The zero-order valence-electron chi connectivity index (χ0n) is 13.2. The van der Waals surface area contributed by atoms with Crippen molar-refractivity contribution >= 4 is 11.7 Å². The van der Waals surface area contributed by atoms with Crippen molar-refractivity contribution in [2.24, 2.45) is 0 Å². The molecule has 2 atom stereocenters. The molecule has 4 nitrogen and oxygen atoms in total. The van der Waals surface area contributed by atoms with Gasteiger partial charge in [-0.2, -0.15) is 0 Å². The lowest BCUT2D eigenvalue weighted by Crippen LogP contribution is -2.37. The molecule has 0 fully saturated rings. The Bertz CT molecular complexity index is 661. The Morgan fingerprint density at radius 1 is 1.22 bits per heavy atom. The molecule has 2 amide bonds. The maximum absolute atomic E-state index is 13.7. The van der Waals surface area contributed by atoms with Crippen molar-refractivity contribution in [1.82, 2.24) is 5.32 Å². The Kier molecular flexibility index (Phi) is 5.71. The SMILES string of the molecule is Cc1ccc(NC(=O)NC(C)CC(O)c2ccccc2)c(F)c1. The molecule has 2 rings (SSSR count). The fourth-order valence-electron chi connectivity index (χ4n) is 2.31. The van der Waals surface area contributed by atoms with E-state index in [1.54, 1.807) is 19.9 Å². The van der Waals surface area contributed by atoms with Gasteiger partial charge in [-0.1, -0.05) is 36.4 Å². The van der Waals surface area contributed by atoms with Crippen molar-refractivity contribution in [3.8, 4) is 0 Å². The van der Waals surface area contributed by atoms with Crippen molar-refractivity contribution in [1.29, 1.82) is 0 Å². The van der Waals surface area contributed by atoms with Crippen molar-refractivity contribution < 1.29 is 14.3 Å². The minimum atomic E-state index is -0.664. The number of carbonyl (C=O) groups excluding carboxylic acids is 1. The number of hydrogen-bond acceptors (Lipinski definition) is 2. The zero-order valence-corrected chi connectivity index (χ0v) is 13.2. The highest BCUT2D eigenvalue weighted by Crippen LogP contribution is 2.18. The van der Waals surface area contributed by atoms with E-state index in [1.807, 2.05) is 30.3 Å². The van der Waals surface area contributed by atoms with Gasteiger partial charge in [-0.3, -0.25) is 0 Å². The van der Waals surface area contributed by atoms with Crippen LogP contribution < -0.4 is 10.6 Å². The number of nitrogens with one attached hydrogen (secondary N) is 2. The molecular weight excluding hydrogens is 295 g/mol. The molecule has 0 radical (unpaired) electrons. The number of aliphatic hydroxyl groups is 1. The van der Waals surface area contributed by atoms with Crippen molar-refractivity contribution in [3.05, 3.63) is 65.5 Å². The molecule has 0 aliphatic rings. The number of carbonyl (C=O) groups is 1. The molecule has 0 heterocycles. The van der Waals surface area contributed by atoms with Crippen LogP contribution in [0.1, 0.15) is 30.6 Å². The molecule has 0 saturated heterocycles. The van der Waals surface area contributed by atoms with Crippen LogP contribution in [-0.4, -0.2) is 17.2 Å². The minimum Gasteiger partial charge on any atom is -0.388 e. The van der Waals surface area contributed by atoms with E-state index in [1.165, 1.54) is 12.1 Å². The Morgan fingerprint density at radius 3 is 2.57 bits per heavy atom. The standard InChI is InChI=1S/C18H21FN2O2/c1-12-8-9-16(15(19)10-12)21-18(23)20-13(2)11-17(22)14-6-4-3-5-7-14/h3-10,13,17,22H,11H2,1-2H3,(H2,20,21,23). The number of aliphatic hydroxyl groups excluding tert-OH is 1.